The van der Waals surface area contributed by atoms with E-state index in [1.807, 2.05) is 37.3 Å². The quantitative estimate of drug-likeness (QED) is 0.134. The highest BCUT2D eigenvalue weighted by molar-refractivity contribution is 5.84. The molecular formula is C28H37N11O6. The van der Waals surface area contributed by atoms with Crippen LogP contribution in [0.2, 0.25) is 0 Å². The van der Waals surface area contributed by atoms with Crippen LogP contribution in [-0.2, 0) is 32.0 Å². The maximum atomic E-state index is 11.4. The Balaban J connectivity index is 1.31. The van der Waals surface area contributed by atoms with Crippen molar-refractivity contribution in [3.63, 3.8) is 0 Å². The summed E-state index contributed by atoms with van der Waals surface area (Å²) >= 11 is 0. The first-order valence-corrected chi connectivity index (χ1v) is 15.0. The third kappa shape index (κ3) is 6.86. The molecule has 4 aromatic rings. The summed E-state index contributed by atoms with van der Waals surface area (Å²) < 4.78 is 18.5. The third-order valence-electron chi connectivity index (χ3n) is 7.83. The highest BCUT2D eigenvalue weighted by Crippen LogP contribution is 2.40. The minimum Gasteiger partial charge on any atom is -0.458 e. The predicted molar refractivity (Wildman–Crippen MR) is 159 cm³/mol. The number of carbonyl (C=O) groups is 1. The monoisotopic (exact) mass is 623 g/mol. The van der Waals surface area contributed by atoms with E-state index in [1.165, 1.54) is 11.1 Å². The molecule has 2 aliphatic heterocycles. The minimum atomic E-state index is -1.31. The van der Waals surface area contributed by atoms with Crippen LogP contribution in [0.3, 0.4) is 0 Å². The number of carbonyl (C=O) groups excluding carboxylic acids is 1. The maximum Gasteiger partial charge on any atom is 0.293 e. The summed E-state index contributed by atoms with van der Waals surface area (Å²) in [7, 11) is 0. The lowest BCUT2D eigenvalue weighted by Gasteiger charge is -2.26. The smallest absolute Gasteiger partial charge is 0.293 e. The number of imidazole rings is 1. The summed E-state index contributed by atoms with van der Waals surface area (Å²) in [5.74, 6) is 0.900. The summed E-state index contributed by atoms with van der Waals surface area (Å²) in [5.41, 5.74) is 1.85. The molecule has 0 unspecified atom stereocenters. The summed E-state index contributed by atoms with van der Waals surface area (Å²) in [5, 5.41) is 40.4. The van der Waals surface area contributed by atoms with Gasteiger partial charge < -0.3 is 35.1 Å². The fourth-order valence-corrected chi connectivity index (χ4v) is 5.50. The molecule has 0 saturated carbocycles. The summed E-state index contributed by atoms with van der Waals surface area (Å²) in [6, 6.07) is 9.43. The average Bonchev–Trinajstić information content (AvgIpc) is 3.80. The van der Waals surface area contributed by atoms with Crippen LogP contribution in [0.15, 0.2) is 36.7 Å². The van der Waals surface area contributed by atoms with E-state index in [0.29, 0.717) is 49.7 Å². The standard InChI is InChI=1S/C28H37N11O6/c1-2-39-35-25(34-36-39)23-22(44-17-41)21(42)27(45-23)38-16-30-20-24(29-8-9-37-10-12-43-13-11-37)32-28(33-26(20)38)31-19(15-40)14-18-6-4-3-5-7-18/h3-7,16-17,19,21-23,27,40,42H,2,8-15H2,1H3,(H2,29,31,32,33)/t19-,21+,22-,23-,27+/m0/s1. The molecule has 2 aliphatic rings. The van der Waals surface area contributed by atoms with Gasteiger partial charge in [0.05, 0.1) is 38.7 Å². The van der Waals surface area contributed by atoms with Gasteiger partial charge in [-0.15, -0.1) is 10.2 Å². The van der Waals surface area contributed by atoms with Gasteiger partial charge in [-0.3, -0.25) is 14.3 Å². The SMILES string of the molecule is CCn1nnc([C@H]2O[C@@H](n3cnc4c(NCCN5CCOCC5)nc(N[C@H](CO)Cc5ccccc5)nc43)[C@H](O)[C@@H]2OC=O)n1. The Labute approximate surface area is 258 Å². The van der Waals surface area contributed by atoms with Crippen LogP contribution in [0.1, 0.15) is 30.6 Å². The number of benzene rings is 1. The van der Waals surface area contributed by atoms with Crippen LogP contribution in [0.25, 0.3) is 11.2 Å². The summed E-state index contributed by atoms with van der Waals surface area (Å²) in [6.07, 6.45) is -2.41. The molecule has 2 saturated heterocycles. The number of ether oxygens (including phenoxy) is 3. The number of rotatable bonds is 14. The zero-order valence-corrected chi connectivity index (χ0v) is 24.8. The van der Waals surface area contributed by atoms with Gasteiger partial charge in [0.15, 0.2) is 35.4 Å². The first kappa shape index (κ1) is 30.7. The molecule has 0 spiro atoms. The highest BCUT2D eigenvalue weighted by atomic mass is 16.6. The lowest BCUT2D eigenvalue weighted by atomic mass is 10.1. The Hall–Kier alpha value is -4.29. The van der Waals surface area contributed by atoms with E-state index >= 15 is 0 Å². The van der Waals surface area contributed by atoms with Crippen LogP contribution in [0.5, 0.6) is 0 Å². The molecule has 5 atom stereocenters. The molecule has 0 bridgehead atoms. The van der Waals surface area contributed by atoms with Gasteiger partial charge >= 0.3 is 0 Å². The average molecular weight is 624 g/mol. The van der Waals surface area contributed by atoms with E-state index in [1.54, 1.807) is 4.57 Å². The van der Waals surface area contributed by atoms with Crippen LogP contribution in [0, 0.1) is 0 Å². The number of nitrogens with one attached hydrogen (secondary N) is 2. The molecule has 5 heterocycles. The number of fused-ring (bicyclic) bond motifs is 1. The summed E-state index contributed by atoms with van der Waals surface area (Å²) in [6.45, 7) is 6.89. The van der Waals surface area contributed by atoms with Crippen molar-refractivity contribution < 1.29 is 29.2 Å². The van der Waals surface area contributed by atoms with Crippen LogP contribution in [0.4, 0.5) is 11.8 Å². The van der Waals surface area contributed by atoms with Crippen molar-refractivity contribution in [2.75, 3.05) is 56.6 Å². The fourth-order valence-electron chi connectivity index (χ4n) is 5.50. The van der Waals surface area contributed by atoms with Crippen molar-refractivity contribution in [2.45, 2.75) is 50.5 Å². The van der Waals surface area contributed by atoms with E-state index < -0.39 is 24.5 Å². The number of aliphatic hydroxyl groups is 2. The molecule has 2 fully saturated rings. The molecule has 0 amide bonds. The second-order valence-electron chi connectivity index (χ2n) is 10.8. The number of aliphatic hydroxyl groups excluding tert-OH is 2. The normalized spacial score (nSPS) is 22.8. The Bertz CT molecular complexity index is 1550. The molecule has 17 heteroatoms. The predicted octanol–water partition coefficient (Wildman–Crippen LogP) is -0.235. The van der Waals surface area contributed by atoms with Gasteiger partial charge in [0.1, 0.15) is 6.10 Å². The van der Waals surface area contributed by atoms with Crippen molar-refractivity contribution in [3.8, 4) is 0 Å². The molecule has 6 rings (SSSR count). The summed E-state index contributed by atoms with van der Waals surface area (Å²) in [4.78, 5) is 29.1. The fraction of sp³-hybridized carbons (Fsp3) is 0.536. The number of anilines is 2. The van der Waals surface area contributed by atoms with Crippen LogP contribution >= 0.6 is 0 Å². The number of nitrogens with zero attached hydrogens (tertiary/aromatic N) is 9. The molecule has 0 radical (unpaired) electrons. The molecule has 240 valence electrons. The lowest BCUT2D eigenvalue weighted by molar-refractivity contribution is -0.140. The Kier molecular flexibility index (Phi) is 9.70. The van der Waals surface area contributed by atoms with Crippen molar-refractivity contribution in [1.29, 1.82) is 0 Å². The largest absolute Gasteiger partial charge is 0.458 e. The van der Waals surface area contributed by atoms with Crippen LogP contribution < -0.4 is 10.6 Å². The van der Waals surface area contributed by atoms with Gasteiger partial charge in [0.2, 0.25) is 11.8 Å². The van der Waals surface area contributed by atoms with Crippen LogP contribution in [-0.4, -0.2) is 126 Å². The van der Waals surface area contributed by atoms with Crippen molar-refractivity contribution in [2.24, 2.45) is 0 Å². The number of hydrogen-bond acceptors (Lipinski definition) is 15. The minimum absolute atomic E-state index is 0.155. The maximum absolute atomic E-state index is 11.4. The molecule has 45 heavy (non-hydrogen) atoms. The Morgan fingerprint density at radius 2 is 2.02 bits per heavy atom. The Morgan fingerprint density at radius 1 is 1.20 bits per heavy atom. The first-order valence-electron chi connectivity index (χ1n) is 15.0. The van der Waals surface area contributed by atoms with Crippen molar-refractivity contribution in [1.82, 2.24) is 44.6 Å². The first-order chi connectivity index (χ1) is 22.1. The molecule has 4 N–H and O–H groups in total. The molecule has 17 nitrogen and oxygen atoms in total. The number of morpholine rings is 1. The highest BCUT2D eigenvalue weighted by Gasteiger charge is 2.49. The lowest BCUT2D eigenvalue weighted by Crippen LogP contribution is -2.39. The molecular weight excluding hydrogens is 586 g/mol. The van der Waals surface area contributed by atoms with E-state index in [-0.39, 0.29) is 30.9 Å². The second kappa shape index (κ2) is 14.2. The second-order valence-corrected chi connectivity index (χ2v) is 10.8. The van der Waals surface area contributed by atoms with Gasteiger partial charge in [-0.25, -0.2) is 4.98 Å². The Morgan fingerprint density at radius 3 is 2.76 bits per heavy atom. The molecule has 0 aliphatic carbocycles. The third-order valence-corrected chi connectivity index (χ3v) is 7.83. The van der Waals surface area contributed by atoms with Gasteiger partial charge in [-0.05, 0) is 24.1 Å². The number of hydrogen-bond donors (Lipinski definition) is 4. The van der Waals surface area contributed by atoms with E-state index in [0.717, 1.165) is 25.2 Å². The zero-order valence-electron chi connectivity index (χ0n) is 24.8. The van der Waals surface area contributed by atoms with Crippen molar-refractivity contribution in [3.05, 3.63) is 48.0 Å². The topological polar surface area (TPSA) is 200 Å². The molecule has 1 aromatic carbocycles. The molecule has 3 aromatic heterocycles. The van der Waals surface area contributed by atoms with Gasteiger partial charge in [-0.1, -0.05) is 30.3 Å². The van der Waals surface area contributed by atoms with E-state index in [4.69, 9.17) is 24.2 Å². The number of aromatic nitrogens is 8. The number of aryl methyl sites for hydroxylation is 1. The van der Waals surface area contributed by atoms with Gasteiger partial charge in [0, 0.05) is 26.2 Å². The number of tetrazole rings is 1. The van der Waals surface area contributed by atoms with E-state index in [2.05, 4.69) is 35.9 Å². The van der Waals surface area contributed by atoms with Gasteiger partial charge in [-0.2, -0.15) is 14.8 Å². The van der Waals surface area contributed by atoms with E-state index in [9.17, 15) is 15.0 Å². The van der Waals surface area contributed by atoms with Crippen molar-refractivity contribution >= 4 is 29.4 Å². The zero-order chi connectivity index (χ0) is 31.2. The van der Waals surface area contributed by atoms with Gasteiger partial charge in [0.25, 0.3) is 6.47 Å².